The Morgan fingerprint density at radius 2 is 1.74 bits per heavy atom. The van der Waals surface area contributed by atoms with Crippen molar-refractivity contribution < 1.29 is 28.2 Å². The Kier molecular flexibility index (Phi) is 8.15. The standard InChI is InChI=1S/C31H32FNO5/c1-31(2,3)29(33-22-13-11-20(12-14-22)26(34)8-6-10-30(35)36)19-37-23-15-16-24(25(32)18-23)28-17-21-7-4-5-9-27(21)38-28/h4-5,7,9,11-18,29,33H,6,8,10,19H2,1-3H3,(H,35,36)/t29-/m1/s1. The molecule has 0 spiro atoms. The summed E-state index contributed by atoms with van der Waals surface area (Å²) in [5.41, 5.74) is 2.26. The molecule has 0 aliphatic carbocycles. The fourth-order valence-electron chi connectivity index (χ4n) is 4.09. The summed E-state index contributed by atoms with van der Waals surface area (Å²) in [7, 11) is 0. The fraction of sp³-hybridized carbons (Fsp3) is 0.290. The number of halogens is 1. The van der Waals surface area contributed by atoms with Crippen LogP contribution in [0.15, 0.2) is 77.2 Å². The number of carboxylic acid groups (broad SMARTS) is 1. The molecule has 1 heterocycles. The molecule has 1 atom stereocenters. The molecule has 0 unspecified atom stereocenters. The van der Waals surface area contributed by atoms with E-state index in [1.807, 2.05) is 42.5 Å². The minimum atomic E-state index is -0.905. The molecule has 198 valence electrons. The van der Waals surface area contributed by atoms with Gasteiger partial charge in [0.25, 0.3) is 0 Å². The molecule has 4 aromatic rings. The second-order valence-electron chi connectivity index (χ2n) is 10.4. The molecule has 0 fully saturated rings. The zero-order valence-corrected chi connectivity index (χ0v) is 21.8. The lowest BCUT2D eigenvalue weighted by Crippen LogP contribution is -2.39. The summed E-state index contributed by atoms with van der Waals surface area (Å²) in [6.45, 7) is 6.54. The Balaban J connectivity index is 1.39. The van der Waals surface area contributed by atoms with E-state index in [-0.39, 0.29) is 30.1 Å². The molecule has 0 bridgehead atoms. The van der Waals surface area contributed by atoms with E-state index in [1.54, 1.807) is 24.3 Å². The van der Waals surface area contributed by atoms with E-state index in [0.29, 0.717) is 41.2 Å². The normalized spacial score (nSPS) is 12.3. The van der Waals surface area contributed by atoms with Crippen molar-refractivity contribution in [3.8, 4) is 17.1 Å². The zero-order valence-electron chi connectivity index (χ0n) is 21.8. The number of benzene rings is 3. The molecule has 0 aliphatic rings. The van der Waals surface area contributed by atoms with Gasteiger partial charge < -0.3 is 19.6 Å². The summed E-state index contributed by atoms with van der Waals surface area (Å²) < 4.78 is 26.8. The topological polar surface area (TPSA) is 88.8 Å². The highest BCUT2D eigenvalue weighted by Crippen LogP contribution is 2.32. The molecule has 3 aromatic carbocycles. The summed E-state index contributed by atoms with van der Waals surface area (Å²) in [6.07, 6.45) is 0.492. The molecule has 0 saturated carbocycles. The van der Waals surface area contributed by atoms with Gasteiger partial charge in [0.05, 0.1) is 11.6 Å². The third-order valence-electron chi connectivity index (χ3n) is 6.44. The first-order valence-electron chi connectivity index (χ1n) is 12.6. The Bertz CT molecular complexity index is 1390. The minimum Gasteiger partial charge on any atom is -0.491 e. The highest BCUT2D eigenvalue weighted by Gasteiger charge is 2.26. The van der Waals surface area contributed by atoms with Gasteiger partial charge in [0.1, 0.15) is 29.5 Å². The Hall–Kier alpha value is -4.13. The number of rotatable bonds is 11. The number of aliphatic carboxylic acids is 1. The van der Waals surface area contributed by atoms with Gasteiger partial charge in [-0.2, -0.15) is 0 Å². The number of carbonyl (C=O) groups is 2. The van der Waals surface area contributed by atoms with Crippen molar-refractivity contribution in [3.63, 3.8) is 0 Å². The predicted octanol–water partition coefficient (Wildman–Crippen LogP) is 7.58. The number of fused-ring (bicyclic) bond motifs is 1. The van der Waals surface area contributed by atoms with Crippen LogP contribution in [0.2, 0.25) is 0 Å². The first kappa shape index (κ1) is 26.9. The van der Waals surface area contributed by atoms with Crippen molar-refractivity contribution in [1.29, 1.82) is 0 Å². The van der Waals surface area contributed by atoms with Crippen LogP contribution in [-0.2, 0) is 4.79 Å². The number of para-hydroxylation sites is 1. The average Bonchev–Trinajstić information content (AvgIpc) is 3.30. The van der Waals surface area contributed by atoms with Gasteiger partial charge in [0, 0.05) is 35.5 Å². The molecule has 0 aliphatic heterocycles. The number of furan rings is 1. The molecular formula is C31H32FNO5. The number of hydrogen-bond donors (Lipinski definition) is 2. The monoisotopic (exact) mass is 517 g/mol. The van der Waals surface area contributed by atoms with E-state index < -0.39 is 11.8 Å². The summed E-state index contributed by atoms with van der Waals surface area (Å²) >= 11 is 0. The molecule has 4 rings (SSSR count). The minimum absolute atomic E-state index is 0.0226. The first-order chi connectivity index (χ1) is 18.1. The first-order valence-corrected chi connectivity index (χ1v) is 12.6. The smallest absolute Gasteiger partial charge is 0.303 e. The molecule has 0 amide bonds. The number of ether oxygens (including phenoxy) is 1. The Morgan fingerprint density at radius 3 is 2.39 bits per heavy atom. The van der Waals surface area contributed by atoms with Gasteiger partial charge in [-0.1, -0.05) is 39.0 Å². The quantitative estimate of drug-likeness (QED) is 0.199. The second kappa shape index (κ2) is 11.5. The van der Waals surface area contributed by atoms with Crippen LogP contribution in [0.4, 0.5) is 10.1 Å². The molecule has 0 radical (unpaired) electrons. The van der Waals surface area contributed by atoms with Crippen LogP contribution in [0.1, 0.15) is 50.4 Å². The van der Waals surface area contributed by atoms with Crippen LogP contribution in [0.25, 0.3) is 22.3 Å². The van der Waals surface area contributed by atoms with Gasteiger partial charge in [-0.05, 0) is 60.4 Å². The van der Waals surface area contributed by atoms with E-state index in [2.05, 4.69) is 26.1 Å². The predicted molar refractivity (Wildman–Crippen MR) is 146 cm³/mol. The number of nitrogens with one attached hydrogen (secondary N) is 1. The van der Waals surface area contributed by atoms with E-state index in [1.165, 1.54) is 6.07 Å². The zero-order chi connectivity index (χ0) is 27.3. The molecule has 7 heteroatoms. The van der Waals surface area contributed by atoms with Gasteiger partial charge in [-0.3, -0.25) is 9.59 Å². The number of Topliss-reactive ketones (excluding diaryl/α,β-unsaturated/α-hetero) is 1. The Labute approximate surface area is 221 Å². The lowest BCUT2D eigenvalue weighted by Gasteiger charge is -2.32. The number of ketones is 1. The molecule has 38 heavy (non-hydrogen) atoms. The van der Waals surface area contributed by atoms with Gasteiger partial charge in [0.15, 0.2) is 5.78 Å². The van der Waals surface area contributed by atoms with Gasteiger partial charge in [0.2, 0.25) is 0 Å². The van der Waals surface area contributed by atoms with Crippen LogP contribution in [0, 0.1) is 11.2 Å². The number of hydrogen-bond acceptors (Lipinski definition) is 5. The summed E-state index contributed by atoms with van der Waals surface area (Å²) in [4.78, 5) is 23.0. The highest BCUT2D eigenvalue weighted by molar-refractivity contribution is 5.96. The van der Waals surface area contributed by atoms with Crippen molar-refractivity contribution in [2.75, 3.05) is 11.9 Å². The maximum atomic E-state index is 15.0. The second-order valence-corrected chi connectivity index (χ2v) is 10.4. The highest BCUT2D eigenvalue weighted by atomic mass is 19.1. The van der Waals surface area contributed by atoms with Crippen molar-refractivity contribution in [3.05, 3.63) is 84.2 Å². The molecule has 6 nitrogen and oxygen atoms in total. The van der Waals surface area contributed by atoms with Crippen molar-refractivity contribution in [2.24, 2.45) is 5.41 Å². The third-order valence-corrected chi connectivity index (χ3v) is 6.44. The largest absolute Gasteiger partial charge is 0.491 e. The number of carbonyl (C=O) groups excluding carboxylic acids is 1. The number of anilines is 1. The number of carboxylic acids is 1. The van der Waals surface area contributed by atoms with Crippen molar-refractivity contribution in [1.82, 2.24) is 0 Å². The van der Waals surface area contributed by atoms with Crippen LogP contribution in [0.5, 0.6) is 5.75 Å². The summed E-state index contributed by atoms with van der Waals surface area (Å²) in [5, 5.41) is 13.1. The van der Waals surface area contributed by atoms with E-state index in [9.17, 15) is 14.0 Å². The average molecular weight is 518 g/mol. The Morgan fingerprint density at radius 1 is 1.00 bits per heavy atom. The molecular weight excluding hydrogens is 485 g/mol. The van der Waals surface area contributed by atoms with Crippen LogP contribution < -0.4 is 10.1 Å². The van der Waals surface area contributed by atoms with Crippen LogP contribution in [0.3, 0.4) is 0 Å². The lowest BCUT2D eigenvalue weighted by atomic mass is 9.87. The van der Waals surface area contributed by atoms with Crippen LogP contribution >= 0.6 is 0 Å². The van der Waals surface area contributed by atoms with Crippen molar-refractivity contribution in [2.45, 2.75) is 46.1 Å². The fourth-order valence-corrected chi connectivity index (χ4v) is 4.09. The van der Waals surface area contributed by atoms with E-state index >= 15 is 0 Å². The van der Waals surface area contributed by atoms with Crippen molar-refractivity contribution >= 4 is 28.4 Å². The van der Waals surface area contributed by atoms with E-state index in [4.69, 9.17) is 14.3 Å². The van der Waals surface area contributed by atoms with Crippen LogP contribution in [-0.4, -0.2) is 29.5 Å². The summed E-state index contributed by atoms with van der Waals surface area (Å²) in [6, 6.07) is 21.1. The maximum absolute atomic E-state index is 15.0. The third kappa shape index (κ3) is 6.79. The summed E-state index contributed by atoms with van der Waals surface area (Å²) in [5.74, 6) is -0.529. The van der Waals surface area contributed by atoms with Gasteiger partial charge in [-0.15, -0.1) is 0 Å². The molecule has 1 aromatic heterocycles. The molecule has 2 N–H and O–H groups in total. The van der Waals surface area contributed by atoms with Gasteiger partial charge in [-0.25, -0.2) is 4.39 Å². The molecule has 0 saturated heterocycles. The lowest BCUT2D eigenvalue weighted by molar-refractivity contribution is -0.137. The SMILES string of the molecule is CC(C)(C)[C@@H](COc1ccc(-c2cc3ccccc3o2)c(F)c1)Nc1ccc(C(=O)CCCC(=O)O)cc1. The van der Waals surface area contributed by atoms with E-state index in [0.717, 1.165) is 11.1 Å². The maximum Gasteiger partial charge on any atom is 0.303 e. The van der Waals surface area contributed by atoms with Gasteiger partial charge >= 0.3 is 5.97 Å².